The second-order valence-electron chi connectivity index (χ2n) is 5.80. The number of rotatable bonds is 8. The lowest BCUT2D eigenvalue weighted by atomic mass is 11.1. The van der Waals surface area contributed by atoms with Crippen LogP contribution in [0.25, 0.3) is 0 Å². The van der Waals surface area contributed by atoms with Crippen molar-refractivity contribution >= 4 is 23.5 Å². The summed E-state index contributed by atoms with van der Waals surface area (Å²) in [6, 6.07) is 0. The summed E-state index contributed by atoms with van der Waals surface area (Å²) in [6.07, 6.45) is -2.67. The largest absolute Gasteiger partial charge is 0.490 e. The Morgan fingerprint density at radius 1 is 1.17 bits per heavy atom. The molecule has 1 aliphatic heterocycles. The topological polar surface area (TPSA) is 244 Å². The lowest BCUT2D eigenvalue weighted by Crippen LogP contribution is -2.33. The second-order valence-corrected chi connectivity index (χ2v) is 10.2. The Bertz CT molecular complexity index is 1010. The van der Waals surface area contributed by atoms with Crippen LogP contribution < -0.4 is 11.2 Å². The summed E-state index contributed by atoms with van der Waals surface area (Å²) in [7, 11) is -16.6. The first kappa shape index (κ1) is 24.3. The smallest absolute Gasteiger partial charge is 0.390 e. The maximum atomic E-state index is 11.9. The Kier molecular flexibility index (Phi) is 7.23. The van der Waals surface area contributed by atoms with Crippen LogP contribution in [0.1, 0.15) is 18.2 Å². The molecule has 0 aromatic carbocycles. The molecule has 0 amide bonds. The highest BCUT2D eigenvalue weighted by Gasteiger charge is 2.42. The van der Waals surface area contributed by atoms with E-state index < -0.39 is 59.8 Å². The molecular weight excluding hydrogens is 475 g/mol. The molecule has 1 aromatic heterocycles. The minimum absolute atomic E-state index is 0.171. The number of H-pyrrole nitrogens is 1. The van der Waals surface area contributed by atoms with Gasteiger partial charge >= 0.3 is 29.2 Å². The molecule has 0 spiro atoms. The highest BCUT2D eigenvalue weighted by Crippen LogP contribution is 2.66. The summed E-state index contributed by atoms with van der Waals surface area (Å²) >= 11 is 0. The molecule has 1 aliphatic rings. The Hall–Kier alpha value is -0.990. The molecule has 1 aromatic rings. The van der Waals surface area contributed by atoms with Gasteiger partial charge in [-0.05, 0) is 6.92 Å². The predicted octanol–water partition coefficient (Wildman–Crippen LogP) is -1.16. The Morgan fingerprint density at radius 2 is 1.79 bits per heavy atom. The van der Waals surface area contributed by atoms with Gasteiger partial charge in [0, 0.05) is 18.2 Å². The molecule has 16 nitrogen and oxygen atoms in total. The fraction of sp³-hybridized carbons (Fsp3) is 0.600. The molecule has 5 atom stereocenters. The van der Waals surface area contributed by atoms with Gasteiger partial charge in [0.2, 0.25) is 0 Å². The number of aromatic amines is 1. The minimum atomic E-state index is -5.67. The summed E-state index contributed by atoms with van der Waals surface area (Å²) in [5.74, 6) is 0. The number of phosphoric ester groups is 1. The zero-order valence-electron chi connectivity index (χ0n) is 14.4. The van der Waals surface area contributed by atoms with Gasteiger partial charge in [0.1, 0.15) is 12.3 Å². The molecule has 2 heterocycles. The number of ether oxygens (including phenoxy) is 1. The molecular formula is C10H17N2O14P3. The van der Waals surface area contributed by atoms with Crippen molar-refractivity contribution in [2.45, 2.75) is 31.8 Å². The van der Waals surface area contributed by atoms with E-state index in [1.165, 1.54) is 13.1 Å². The van der Waals surface area contributed by atoms with Crippen molar-refractivity contribution in [1.82, 2.24) is 9.55 Å². The number of aryl methyl sites for hydroxylation is 1. The van der Waals surface area contributed by atoms with E-state index in [0.717, 1.165) is 4.57 Å². The number of phosphoric acid groups is 3. The van der Waals surface area contributed by atoms with E-state index in [0.29, 0.717) is 0 Å². The zero-order chi connectivity index (χ0) is 22.2. The van der Waals surface area contributed by atoms with Crippen molar-refractivity contribution in [2.24, 2.45) is 0 Å². The number of hydrogen-bond acceptors (Lipinski definition) is 10. The van der Waals surface area contributed by atoms with Crippen molar-refractivity contribution in [3.8, 4) is 0 Å². The molecule has 29 heavy (non-hydrogen) atoms. The molecule has 1 fully saturated rings. The van der Waals surface area contributed by atoms with Crippen molar-refractivity contribution < 1.29 is 56.3 Å². The quantitative estimate of drug-likeness (QED) is 0.185. The van der Waals surface area contributed by atoms with Crippen LogP contribution >= 0.6 is 23.5 Å². The van der Waals surface area contributed by atoms with Gasteiger partial charge in [-0.1, -0.05) is 0 Å². The SMILES string of the molecule is [13CH3][13c]1[13cH]n([13C@H]2[13CH2][13C@@H](O)[13C@@H]([13CH2]OP(=O)(O)OP(=O)(O)OP(=O)(O)O)O2)[13c](=O)[nH][13c]1=O. The third-order valence-corrected chi connectivity index (χ3v) is 7.28. The van der Waals surface area contributed by atoms with Crippen LogP contribution in [0.3, 0.4) is 0 Å². The van der Waals surface area contributed by atoms with Crippen LogP contribution in [0, 0.1) is 6.92 Å². The van der Waals surface area contributed by atoms with E-state index >= 15 is 0 Å². The van der Waals surface area contributed by atoms with Crippen LogP contribution in [0.4, 0.5) is 0 Å². The normalized spacial score (nSPS) is 26.8. The molecule has 2 unspecified atom stereocenters. The standard InChI is InChI=1S/C10H17N2O14P3/c1-5-3-12(10(15)11-9(5)14)8-2-6(13)7(24-8)4-23-28(19,20)26-29(21,22)25-27(16,17)18/h3,6-8,13H,2,4H2,1H3,(H,19,20)(H,21,22)(H,11,14,15)(H2,16,17,18)/t6-,7-,8-/m1/s1/i1+1,2+1,3+1,4+1,5+1,6+1,7+1,8+1,9+1,10+1. The average molecular weight is 492 g/mol. The maximum absolute atomic E-state index is 11.9. The zero-order valence-corrected chi connectivity index (χ0v) is 17.1. The van der Waals surface area contributed by atoms with Gasteiger partial charge in [-0.25, -0.2) is 18.5 Å². The van der Waals surface area contributed by atoms with Gasteiger partial charge in [0.05, 0.1) is 12.7 Å². The summed E-state index contributed by atoms with van der Waals surface area (Å²) in [5.41, 5.74) is -1.26. The number of hydrogen-bond donors (Lipinski definition) is 6. The van der Waals surface area contributed by atoms with Gasteiger partial charge in [-0.2, -0.15) is 8.62 Å². The van der Waals surface area contributed by atoms with E-state index in [1.807, 2.05) is 4.98 Å². The fourth-order valence-corrected chi connectivity index (χ4v) is 5.34. The van der Waals surface area contributed by atoms with Gasteiger partial charge in [-0.3, -0.25) is 18.9 Å². The molecule has 2 rings (SSSR count). The lowest BCUT2D eigenvalue weighted by Gasteiger charge is -2.19. The molecule has 19 heteroatoms. The number of aromatic nitrogens is 2. The summed E-state index contributed by atoms with van der Waals surface area (Å²) in [4.78, 5) is 60.6. The van der Waals surface area contributed by atoms with Crippen molar-refractivity contribution in [3.63, 3.8) is 0 Å². The van der Waals surface area contributed by atoms with E-state index in [2.05, 4.69) is 13.1 Å². The van der Waals surface area contributed by atoms with Crippen LogP contribution in [-0.2, 0) is 31.6 Å². The van der Waals surface area contributed by atoms with Crippen LogP contribution in [-0.4, -0.2) is 53.0 Å². The van der Waals surface area contributed by atoms with Crippen LogP contribution in [0.2, 0.25) is 0 Å². The lowest BCUT2D eigenvalue weighted by molar-refractivity contribution is -0.0450. The first-order chi connectivity index (χ1) is 13.1. The van der Waals surface area contributed by atoms with E-state index in [9.17, 15) is 33.3 Å². The number of nitrogens with zero attached hydrogens (tertiary/aromatic N) is 1. The van der Waals surface area contributed by atoms with E-state index in [-0.39, 0.29) is 12.0 Å². The summed E-state index contributed by atoms with van der Waals surface area (Å²) < 4.78 is 51.3. The molecule has 0 saturated carbocycles. The second kappa shape index (κ2) is 8.63. The van der Waals surface area contributed by atoms with Gasteiger partial charge in [-0.15, -0.1) is 0 Å². The first-order valence-electron chi connectivity index (χ1n) is 7.52. The molecule has 0 radical (unpaired) electrons. The first-order valence-corrected chi connectivity index (χ1v) is 12.0. The fourth-order valence-electron chi connectivity index (χ4n) is 2.31. The predicted molar refractivity (Wildman–Crippen MR) is 90.4 cm³/mol. The van der Waals surface area contributed by atoms with Crippen molar-refractivity contribution in [1.29, 1.82) is 0 Å². The van der Waals surface area contributed by atoms with Gasteiger partial charge < -0.3 is 29.4 Å². The van der Waals surface area contributed by atoms with Crippen molar-refractivity contribution in [3.05, 3.63) is 32.6 Å². The minimum Gasteiger partial charge on any atom is -0.390 e. The molecule has 166 valence electrons. The number of aliphatic hydroxyl groups excluding tert-OH is 1. The van der Waals surface area contributed by atoms with Gasteiger partial charge in [0.15, 0.2) is 0 Å². The van der Waals surface area contributed by atoms with Crippen molar-refractivity contribution in [2.75, 3.05) is 6.61 Å². The third-order valence-electron chi connectivity index (χ3n) is 3.48. The Balaban J connectivity index is 2.03. The molecule has 1 saturated heterocycles. The molecule has 0 bridgehead atoms. The Labute approximate surface area is 161 Å². The number of aliphatic hydroxyl groups is 1. The highest BCUT2D eigenvalue weighted by molar-refractivity contribution is 7.66. The highest BCUT2D eigenvalue weighted by atomic mass is 31.3. The van der Waals surface area contributed by atoms with E-state index in [1.54, 1.807) is 0 Å². The Morgan fingerprint density at radius 3 is 2.38 bits per heavy atom. The third kappa shape index (κ3) is 7.03. The monoisotopic (exact) mass is 492 g/mol. The van der Waals surface area contributed by atoms with E-state index in [4.69, 9.17) is 19.4 Å². The number of nitrogens with one attached hydrogen (secondary N) is 1. The maximum Gasteiger partial charge on any atom is 0.490 e. The van der Waals surface area contributed by atoms with Gasteiger partial charge in [0.25, 0.3) is 5.56 Å². The van der Waals surface area contributed by atoms with Crippen LogP contribution in [0.15, 0.2) is 15.8 Å². The molecule has 6 N–H and O–H groups in total. The average Bonchev–Trinajstić information content (AvgIpc) is 2.86. The summed E-state index contributed by atoms with van der Waals surface area (Å²) in [5, 5.41) is 9.98. The summed E-state index contributed by atoms with van der Waals surface area (Å²) in [6.45, 7) is 0.547. The molecule has 0 aliphatic carbocycles. The van der Waals surface area contributed by atoms with Crippen LogP contribution in [0.5, 0.6) is 0 Å².